The number of rotatable bonds is 5. The first-order valence-corrected chi connectivity index (χ1v) is 7.20. The van der Waals surface area contributed by atoms with Crippen molar-refractivity contribution >= 4 is 15.9 Å². The molecule has 0 saturated heterocycles. The Balaban J connectivity index is 2.42. The van der Waals surface area contributed by atoms with E-state index in [9.17, 15) is 0 Å². The van der Waals surface area contributed by atoms with Crippen LogP contribution in [0.15, 0.2) is 53.0 Å². The fourth-order valence-electron chi connectivity index (χ4n) is 2.19. The van der Waals surface area contributed by atoms with Crippen LogP contribution in [0.1, 0.15) is 24.1 Å². The van der Waals surface area contributed by atoms with Crippen LogP contribution in [0.25, 0.3) is 0 Å². The lowest BCUT2D eigenvalue weighted by molar-refractivity contribution is 0.334. The van der Waals surface area contributed by atoms with Crippen molar-refractivity contribution in [1.29, 1.82) is 0 Å². The second-order valence-electron chi connectivity index (χ2n) is 4.25. The zero-order valence-electron chi connectivity index (χ0n) is 11.2. The summed E-state index contributed by atoms with van der Waals surface area (Å²) in [5.74, 6) is 0.935. The molecule has 19 heavy (non-hydrogen) atoms. The maximum atomic E-state index is 5.72. The van der Waals surface area contributed by atoms with Gasteiger partial charge in [0.05, 0.1) is 12.6 Å². The Labute approximate surface area is 122 Å². The van der Waals surface area contributed by atoms with Gasteiger partial charge in [-0.25, -0.2) is 0 Å². The van der Waals surface area contributed by atoms with Crippen molar-refractivity contribution in [3.8, 4) is 5.75 Å². The highest BCUT2D eigenvalue weighted by Gasteiger charge is 2.16. The summed E-state index contributed by atoms with van der Waals surface area (Å²) in [5, 5.41) is 3.36. The molecule has 0 spiro atoms. The highest BCUT2D eigenvalue weighted by Crippen LogP contribution is 2.30. The summed E-state index contributed by atoms with van der Waals surface area (Å²) < 4.78 is 6.80. The van der Waals surface area contributed by atoms with E-state index in [1.54, 1.807) is 0 Å². The molecule has 2 aromatic rings. The molecule has 2 aromatic carbocycles. The molecule has 0 aliphatic carbocycles. The highest BCUT2D eigenvalue weighted by atomic mass is 79.9. The van der Waals surface area contributed by atoms with Crippen LogP contribution >= 0.6 is 15.9 Å². The molecule has 0 saturated carbocycles. The molecular formula is C16H18BrNO. The lowest BCUT2D eigenvalue weighted by Crippen LogP contribution is -2.18. The van der Waals surface area contributed by atoms with E-state index in [2.05, 4.69) is 39.4 Å². The fourth-order valence-corrected chi connectivity index (χ4v) is 2.61. The first-order chi connectivity index (χ1) is 9.26. The Kier molecular flexibility index (Phi) is 5.00. The average Bonchev–Trinajstić information content (AvgIpc) is 2.42. The van der Waals surface area contributed by atoms with Gasteiger partial charge < -0.3 is 10.1 Å². The molecule has 0 fully saturated rings. The lowest BCUT2D eigenvalue weighted by atomic mass is 9.98. The topological polar surface area (TPSA) is 21.3 Å². The SMILES string of the molecule is CCOc1ccccc1C(NC)c1cccc(Br)c1. The molecule has 1 N–H and O–H groups in total. The quantitative estimate of drug-likeness (QED) is 0.893. The average molecular weight is 320 g/mol. The molecule has 2 rings (SSSR count). The molecule has 0 bridgehead atoms. The maximum Gasteiger partial charge on any atom is 0.124 e. The van der Waals surface area contributed by atoms with Crippen molar-refractivity contribution in [1.82, 2.24) is 5.32 Å². The Hall–Kier alpha value is -1.32. The van der Waals surface area contributed by atoms with Crippen molar-refractivity contribution in [3.05, 3.63) is 64.1 Å². The minimum Gasteiger partial charge on any atom is -0.494 e. The van der Waals surface area contributed by atoms with Crippen molar-refractivity contribution in [2.75, 3.05) is 13.7 Å². The van der Waals surface area contributed by atoms with Gasteiger partial charge in [-0.15, -0.1) is 0 Å². The van der Waals surface area contributed by atoms with Gasteiger partial charge in [-0.05, 0) is 37.7 Å². The Morgan fingerprint density at radius 3 is 2.63 bits per heavy atom. The summed E-state index contributed by atoms with van der Waals surface area (Å²) in [6, 6.07) is 16.6. The van der Waals surface area contributed by atoms with E-state index in [1.807, 2.05) is 44.3 Å². The third-order valence-electron chi connectivity index (χ3n) is 3.00. The van der Waals surface area contributed by atoms with E-state index in [-0.39, 0.29) is 6.04 Å². The first kappa shape index (κ1) is 14.1. The van der Waals surface area contributed by atoms with Crippen LogP contribution in [-0.4, -0.2) is 13.7 Å². The van der Waals surface area contributed by atoms with Crippen LogP contribution in [0.2, 0.25) is 0 Å². The largest absolute Gasteiger partial charge is 0.494 e. The van der Waals surface area contributed by atoms with Crippen LogP contribution in [0, 0.1) is 0 Å². The van der Waals surface area contributed by atoms with Crippen LogP contribution in [-0.2, 0) is 0 Å². The maximum absolute atomic E-state index is 5.72. The zero-order chi connectivity index (χ0) is 13.7. The smallest absolute Gasteiger partial charge is 0.124 e. The van der Waals surface area contributed by atoms with Crippen LogP contribution in [0.5, 0.6) is 5.75 Å². The minimum absolute atomic E-state index is 0.125. The van der Waals surface area contributed by atoms with Crippen molar-refractivity contribution in [2.45, 2.75) is 13.0 Å². The van der Waals surface area contributed by atoms with Crippen molar-refractivity contribution < 1.29 is 4.74 Å². The van der Waals surface area contributed by atoms with Gasteiger partial charge in [0.25, 0.3) is 0 Å². The van der Waals surface area contributed by atoms with E-state index in [0.717, 1.165) is 15.8 Å². The molecule has 100 valence electrons. The second kappa shape index (κ2) is 6.73. The van der Waals surface area contributed by atoms with Gasteiger partial charge in [0.1, 0.15) is 5.75 Å². The molecular weight excluding hydrogens is 302 g/mol. The van der Waals surface area contributed by atoms with E-state index >= 15 is 0 Å². The summed E-state index contributed by atoms with van der Waals surface area (Å²) in [5.41, 5.74) is 2.37. The zero-order valence-corrected chi connectivity index (χ0v) is 12.8. The molecule has 0 heterocycles. The molecule has 1 unspecified atom stereocenters. The molecule has 0 amide bonds. The van der Waals surface area contributed by atoms with Gasteiger partial charge >= 0.3 is 0 Å². The van der Waals surface area contributed by atoms with Gasteiger partial charge in [0.15, 0.2) is 0 Å². The third-order valence-corrected chi connectivity index (χ3v) is 3.49. The molecule has 0 aliphatic heterocycles. The van der Waals surface area contributed by atoms with Crippen LogP contribution in [0.3, 0.4) is 0 Å². The van der Waals surface area contributed by atoms with Gasteiger partial charge in [0.2, 0.25) is 0 Å². The van der Waals surface area contributed by atoms with E-state index in [1.165, 1.54) is 5.56 Å². The minimum atomic E-state index is 0.125. The number of hydrogen-bond acceptors (Lipinski definition) is 2. The Morgan fingerprint density at radius 2 is 1.95 bits per heavy atom. The summed E-state index contributed by atoms with van der Waals surface area (Å²) in [4.78, 5) is 0. The normalized spacial score (nSPS) is 12.2. The number of benzene rings is 2. The molecule has 0 radical (unpaired) electrons. The van der Waals surface area contributed by atoms with Gasteiger partial charge in [-0.3, -0.25) is 0 Å². The fraction of sp³-hybridized carbons (Fsp3) is 0.250. The van der Waals surface area contributed by atoms with Crippen LogP contribution in [0.4, 0.5) is 0 Å². The summed E-state index contributed by atoms with van der Waals surface area (Å²) in [7, 11) is 1.97. The Bertz CT molecular complexity index is 542. The first-order valence-electron chi connectivity index (χ1n) is 6.40. The molecule has 0 aromatic heterocycles. The van der Waals surface area contributed by atoms with Gasteiger partial charge in [0, 0.05) is 10.0 Å². The number of halogens is 1. The Morgan fingerprint density at radius 1 is 1.16 bits per heavy atom. The van der Waals surface area contributed by atoms with Crippen molar-refractivity contribution in [2.24, 2.45) is 0 Å². The lowest BCUT2D eigenvalue weighted by Gasteiger charge is -2.20. The molecule has 1 atom stereocenters. The van der Waals surface area contributed by atoms with Gasteiger partial charge in [-0.2, -0.15) is 0 Å². The van der Waals surface area contributed by atoms with E-state index in [4.69, 9.17) is 4.74 Å². The van der Waals surface area contributed by atoms with Crippen LogP contribution < -0.4 is 10.1 Å². The monoisotopic (exact) mass is 319 g/mol. The summed E-state index contributed by atoms with van der Waals surface area (Å²) in [6.45, 7) is 2.68. The predicted octanol–water partition coefficient (Wildman–Crippen LogP) is 4.16. The highest BCUT2D eigenvalue weighted by molar-refractivity contribution is 9.10. The van der Waals surface area contributed by atoms with Crippen molar-refractivity contribution in [3.63, 3.8) is 0 Å². The summed E-state index contributed by atoms with van der Waals surface area (Å²) in [6.07, 6.45) is 0. The predicted molar refractivity (Wildman–Crippen MR) is 82.7 cm³/mol. The molecule has 0 aliphatic rings. The standard InChI is InChI=1S/C16H18BrNO/c1-3-19-15-10-5-4-9-14(15)16(18-2)12-7-6-8-13(17)11-12/h4-11,16,18H,3H2,1-2H3. The van der Waals surface area contributed by atoms with Gasteiger partial charge in [-0.1, -0.05) is 46.3 Å². The number of para-hydroxylation sites is 1. The van der Waals surface area contributed by atoms with E-state index in [0.29, 0.717) is 6.61 Å². The second-order valence-corrected chi connectivity index (χ2v) is 5.16. The number of ether oxygens (including phenoxy) is 1. The molecule has 2 nitrogen and oxygen atoms in total. The molecule has 3 heteroatoms. The number of hydrogen-bond donors (Lipinski definition) is 1. The van der Waals surface area contributed by atoms with E-state index < -0.39 is 0 Å². The summed E-state index contributed by atoms with van der Waals surface area (Å²) >= 11 is 3.52. The third kappa shape index (κ3) is 3.37. The number of nitrogens with one attached hydrogen (secondary N) is 1.